The molecule has 31 heavy (non-hydrogen) atoms. The van der Waals surface area contributed by atoms with Crippen molar-refractivity contribution in [3.05, 3.63) is 71.2 Å². The second kappa shape index (κ2) is 9.13. The van der Waals surface area contributed by atoms with Gasteiger partial charge in [0.05, 0.1) is 12.4 Å². The summed E-state index contributed by atoms with van der Waals surface area (Å²) in [7, 11) is 0. The molecule has 0 saturated heterocycles. The zero-order chi connectivity index (χ0) is 22.4. The van der Waals surface area contributed by atoms with E-state index >= 15 is 0 Å². The second-order valence-electron chi connectivity index (χ2n) is 6.06. The maximum absolute atomic E-state index is 12.0. The summed E-state index contributed by atoms with van der Waals surface area (Å²) in [6.07, 6.45) is 2.48. The Bertz CT molecular complexity index is 1090. The highest BCUT2D eigenvalue weighted by Crippen LogP contribution is 2.24. The fraction of sp³-hybridized carbons (Fsp3) is 0. The van der Waals surface area contributed by atoms with Crippen molar-refractivity contribution in [1.82, 2.24) is 10.9 Å². The Morgan fingerprint density at radius 2 is 1.10 bits per heavy atom. The summed E-state index contributed by atoms with van der Waals surface area (Å²) in [4.78, 5) is 24.1. The van der Waals surface area contributed by atoms with E-state index in [4.69, 9.17) is 4.42 Å². The smallest absolute Gasteiger partial charge is 0.307 e. The predicted molar refractivity (Wildman–Crippen MR) is 108 cm³/mol. The van der Waals surface area contributed by atoms with Crippen molar-refractivity contribution in [3.63, 3.8) is 0 Å². The summed E-state index contributed by atoms with van der Waals surface area (Å²) < 4.78 is 5.16. The lowest BCUT2D eigenvalue weighted by Crippen LogP contribution is -2.18. The number of benzene rings is 2. The molecule has 0 bridgehead atoms. The molecule has 0 atom stereocenters. The minimum atomic E-state index is -0.721. The summed E-state index contributed by atoms with van der Waals surface area (Å²) in [5.41, 5.74) is 5.24. The van der Waals surface area contributed by atoms with Gasteiger partial charge in [0.15, 0.2) is 34.5 Å². The van der Waals surface area contributed by atoms with Crippen LogP contribution in [0.15, 0.2) is 63.2 Å². The maximum Gasteiger partial charge on any atom is 0.307 e. The van der Waals surface area contributed by atoms with Crippen LogP contribution in [0.3, 0.4) is 0 Å². The fourth-order valence-electron chi connectivity index (χ4n) is 2.26. The Hall–Kier alpha value is -4.80. The Morgan fingerprint density at radius 1 is 0.677 bits per heavy atom. The van der Waals surface area contributed by atoms with Crippen molar-refractivity contribution in [2.75, 3.05) is 0 Å². The molecule has 158 valence electrons. The number of hydrogen-bond acceptors (Lipinski definition) is 9. The van der Waals surface area contributed by atoms with E-state index in [9.17, 15) is 30.0 Å². The Balaban J connectivity index is 1.55. The second-order valence-corrected chi connectivity index (χ2v) is 6.06. The van der Waals surface area contributed by atoms with Crippen molar-refractivity contribution in [2.24, 2.45) is 10.2 Å². The molecule has 0 saturated carbocycles. The SMILES string of the molecule is O=C(N/N=C/c1ccc(O)c(O)c1)c1ccc(C(=O)N/N=C/c2ccc(O)c(O)c2)o1. The van der Waals surface area contributed by atoms with Crippen molar-refractivity contribution in [3.8, 4) is 23.0 Å². The molecule has 3 aromatic rings. The predicted octanol–water partition coefficient (Wildman–Crippen LogP) is 1.63. The molecule has 0 fully saturated rings. The lowest BCUT2D eigenvalue weighted by Gasteiger charge is -1.99. The summed E-state index contributed by atoms with van der Waals surface area (Å²) in [5.74, 6) is -3.03. The number of phenols is 4. The monoisotopic (exact) mass is 424 g/mol. The molecule has 0 aliphatic rings. The first-order chi connectivity index (χ1) is 14.8. The van der Waals surface area contributed by atoms with Gasteiger partial charge in [0.2, 0.25) is 0 Å². The number of nitrogens with one attached hydrogen (secondary N) is 2. The van der Waals surface area contributed by atoms with E-state index in [2.05, 4.69) is 21.1 Å². The van der Waals surface area contributed by atoms with Crippen LogP contribution in [0.5, 0.6) is 23.0 Å². The molecule has 3 rings (SSSR count). The first-order valence-electron chi connectivity index (χ1n) is 8.64. The van der Waals surface area contributed by atoms with Gasteiger partial charge in [-0.3, -0.25) is 9.59 Å². The molecule has 11 heteroatoms. The molecule has 1 aromatic heterocycles. The van der Waals surface area contributed by atoms with Gasteiger partial charge in [-0.05, 0) is 59.7 Å². The standard InChI is InChI=1S/C20H16N4O7/c25-13-3-1-11(7-15(13)27)9-21-23-19(29)17-5-6-18(31-17)20(30)24-22-10-12-2-4-14(26)16(28)8-12/h1-10,25-28H,(H,23,29)(H,24,30)/b21-9+,22-10+. The third-order valence-electron chi connectivity index (χ3n) is 3.81. The summed E-state index contributed by atoms with van der Waals surface area (Å²) in [5, 5.41) is 44.7. The van der Waals surface area contributed by atoms with E-state index in [1.54, 1.807) is 0 Å². The van der Waals surface area contributed by atoms with E-state index in [0.29, 0.717) is 11.1 Å². The highest BCUT2D eigenvalue weighted by atomic mass is 16.4. The van der Waals surface area contributed by atoms with E-state index in [1.165, 1.54) is 61.0 Å². The fourth-order valence-corrected chi connectivity index (χ4v) is 2.26. The Labute approximate surface area is 174 Å². The van der Waals surface area contributed by atoms with Gasteiger partial charge in [-0.25, -0.2) is 10.9 Å². The Kier molecular flexibility index (Phi) is 6.16. The molecule has 0 aliphatic heterocycles. The molecule has 0 aliphatic carbocycles. The lowest BCUT2D eigenvalue weighted by atomic mass is 10.2. The van der Waals surface area contributed by atoms with Crippen LogP contribution < -0.4 is 10.9 Å². The van der Waals surface area contributed by atoms with Crippen molar-refractivity contribution >= 4 is 24.2 Å². The van der Waals surface area contributed by atoms with E-state index in [-0.39, 0.29) is 34.5 Å². The van der Waals surface area contributed by atoms with Gasteiger partial charge in [-0.1, -0.05) is 0 Å². The van der Waals surface area contributed by atoms with Gasteiger partial charge >= 0.3 is 11.8 Å². The molecule has 6 N–H and O–H groups in total. The molecule has 2 aromatic carbocycles. The molecule has 1 heterocycles. The third kappa shape index (κ3) is 5.38. The minimum absolute atomic E-state index is 0.178. The number of nitrogens with zero attached hydrogens (tertiary/aromatic N) is 2. The van der Waals surface area contributed by atoms with Gasteiger partial charge < -0.3 is 24.8 Å². The Morgan fingerprint density at radius 3 is 1.48 bits per heavy atom. The highest BCUT2D eigenvalue weighted by molar-refractivity contribution is 5.96. The van der Waals surface area contributed by atoms with Crippen LogP contribution in [0.2, 0.25) is 0 Å². The molecule has 11 nitrogen and oxygen atoms in total. The number of amides is 2. The number of phenolic OH excluding ortho intramolecular Hbond substituents is 4. The topological polar surface area (TPSA) is 177 Å². The van der Waals surface area contributed by atoms with Crippen LogP contribution in [-0.4, -0.2) is 44.7 Å². The average molecular weight is 424 g/mol. The number of aromatic hydroxyl groups is 4. The van der Waals surface area contributed by atoms with Crippen molar-refractivity contribution in [2.45, 2.75) is 0 Å². The van der Waals surface area contributed by atoms with Gasteiger partial charge in [-0.15, -0.1) is 0 Å². The van der Waals surface area contributed by atoms with E-state index in [1.807, 2.05) is 0 Å². The summed E-state index contributed by atoms with van der Waals surface area (Å²) >= 11 is 0. The maximum atomic E-state index is 12.0. The quantitative estimate of drug-likeness (QED) is 0.198. The van der Waals surface area contributed by atoms with Gasteiger partial charge in [0.1, 0.15) is 0 Å². The van der Waals surface area contributed by atoms with Gasteiger partial charge in [0.25, 0.3) is 0 Å². The summed E-state index contributed by atoms with van der Waals surface area (Å²) in [6, 6.07) is 10.5. The molecule has 0 unspecified atom stereocenters. The zero-order valence-corrected chi connectivity index (χ0v) is 15.7. The third-order valence-corrected chi connectivity index (χ3v) is 3.81. The van der Waals surface area contributed by atoms with Crippen LogP contribution in [0.1, 0.15) is 32.2 Å². The van der Waals surface area contributed by atoms with Crippen LogP contribution in [-0.2, 0) is 0 Å². The van der Waals surface area contributed by atoms with Crippen molar-refractivity contribution in [1.29, 1.82) is 0 Å². The number of furan rings is 1. The first kappa shape index (κ1) is 20.9. The molecular weight excluding hydrogens is 408 g/mol. The number of carbonyl (C=O) groups is 2. The molecular formula is C20H16N4O7. The van der Waals surface area contributed by atoms with Crippen molar-refractivity contribution < 1.29 is 34.4 Å². The van der Waals surface area contributed by atoms with Crippen LogP contribution >= 0.6 is 0 Å². The summed E-state index contributed by atoms with van der Waals surface area (Å²) in [6.45, 7) is 0. The minimum Gasteiger partial charge on any atom is -0.504 e. The number of hydrazone groups is 2. The number of rotatable bonds is 6. The number of carbonyl (C=O) groups excluding carboxylic acids is 2. The van der Waals surface area contributed by atoms with Crippen LogP contribution in [0.25, 0.3) is 0 Å². The van der Waals surface area contributed by atoms with Gasteiger partial charge in [-0.2, -0.15) is 10.2 Å². The largest absolute Gasteiger partial charge is 0.504 e. The molecule has 0 radical (unpaired) electrons. The first-order valence-corrected chi connectivity index (χ1v) is 8.64. The number of hydrogen-bond donors (Lipinski definition) is 6. The molecule has 2 amide bonds. The van der Waals surface area contributed by atoms with E-state index < -0.39 is 11.8 Å². The van der Waals surface area contributed by atoms with Crippen LogP contribution in [0, 0.1) is 0 Å². The highest BCUT2D eigenvalue weighted by Gasteiger charge is 2.15. The lowest BCUT2D eigenvalue weighted by molar-refractivity contribution is 0.0902. The van der Waals surface area contributed by atoms with Gasteiger partial charge in [0, 0.05) is 0 Å². The average Bonchev–Trinajstić information content (AvgIpc) is 3.24. The molecule has 0 spiro atoms. The normalized spacial score (nSPS) is 11.1. The van der Waals surface area contributed by atoms with E-state index in [0.717, 1.165) is 0 Å². The van der Waals surface area contributed by atoms with Crippen LogP contribution in [0.4, 0.5) is 0 Å². The zero-order valence-electron chi connectivity index (χ0n) is 15.7.